The first-order valence-electron chi connectivity index (χ1n) is 22.0. The van der Waals surface area contributed by atoms with Gasteiger partial charge in [0.2, 0.25) is 5.36 Å². The van der Waals surface area contributed by atoms with Gasteiger partial charge in [0.1, 0.15) is 48.6 Å². The predicted molar refractivity (Wildman–Crippen MR) is 256 cm³/mol. The largest absolute Gasteiger partial charge is 0.542 e. The molecule has 3 aromatic rings. The van der Waals surface area contributed by atoms with Gasteiger partial charge in [0.15, 0.2) is 0 Å². The summed E-state index contributed by atoms with van der Waals surface area (Å²) in [6.07, 6.45) is -5.45. The van der Waals surface area contributed by atoms with Crippen molar-refractivity contribution < 1.29 is 73.2 Å². The summed E-state index contributed by atoms with van der Waals surface area (Å²) in [6, 6.07) is 23.1. The van der Waals surface area contributed by atoms with Crippen molar-refractivity contribution in [3.05, 3.63) is 100 Å². The van der Waals surface area contributed by atoms with Crippen LogP contribution in [0.5, 0.6) is 11.5 Å². The highest BCUT2D eigenvalue weighted by atomic mass is 31.2. The second-order valence-corrected chi connectivity index (χ2v) is 21.0. The molecule has 0 radical (unpaired) electrons. The van der Waals surface area contributed by atoms with Crippen molar-refractivity contribution in [2.45, 2.75) is 59.8 Å². The fourth-order valence-corrected chi connectivity index (χ4v) is 12.1. The van der Waals surface area contributed by atoms with Crippen LogP contribution in [0, 0.1) is 13.8 Å². The Hall–Kier alpha value is -5.55. The highest BCUT2D eigenvalue weighted by Crippen LogP contribution is 2.68. The van der Waals surface area contributed by atoms with E-state index in [0.29, 0.717) is 39.1 Å². The number of hydrogen-bond acceptors (Lipinski definition) is 11. The van der Waals surface area contributed by atoms with Gasteiger partial charge in [0, 0.05) is 70.1 Å². The maximum atomic E-state index is 14.4. The van der Waals surface area contributed by atoms with Crippen molar-refractivity contribution in [2.75, 3.05) is 73.5 Å². The van der Waals surface area contributed by atoms with Gasteiger partial charge in [0.25, 0.3) is 7.52 Å². The minimum atomic E-state index is -5.19. The maximum absolute atomic E-state index is 14.4. The lowest BCUT2D eigenvalue weighted by molar-refractivity contribution is -0.344. The van der Waals surface area contributed by atoms with Gasteiger partial charge in [-0.25, -0.2) is 13.9 Å². The van der Waals surface area contributed by atoms with Gasteiger partial charge in [-0.15, -0.1) is 0 Å². The molecule has 0 saturated heterocycles. The maximum Gasteiger partial charge on any atom is 0.430 e. The Bertz CT molecular complexity index is 2750. The second-order valence-electron chi connectivity index (χ2n) is 15.9. The molecular formula is C47H63F3N4O12P2. The number of hydrogen-bond donors (Lipinski definition) is 2. The minimum Gasteiger partial charge on any atom is -0.542 e. The van der Waals surface area contributed by atoms with Crippen LogP contribution in [0.15, 0.2) is 77.2 Å². The third-order valence-electron chi connectivity index (χ3n) is 10.5. The molecule has 6 rings (SSSR count). The van der Waals surface area contributed by atoms with Crippen LogP contribution in [0.25, 0.3) is 22.3 Å². The summed E-state index contributed by atoms with van der Waals surface area (Å²) in [5.74, 6) is -3.02. The number of anilines is 1. The van der Waals surface area contributed by atoms with Crippen LogP contribution >= 0.6 is 15.0 Å². The number of carboxylic acids is 3. The van der Waals surface area contributed by atoms with E-state index >= 15 is 0 Å². The van der Waals surface area contributed by atoms with E-state index in [4.69, 9.17) is 41.3 Å². The summed E-state index contributed by atoms with van der Waals surface area (Å²) in [6.45, 7) is 8.22. The normalized spacial score (nSPS) is 14.8. The number of aliphatic carboxylic acids is 3. The molecule has 2 N–H and O–H groups in total. The summed E-state index contributed by atoms with van der Waals surface area (Å²) in [5.41, 5.74) is 5.30. The number of carbonyl (C=O) groups is 3. The summed E-state index contributed by atoms with van der Waals surface area (Å²) >= 11 is 0. The van der Waals surface area contributed by atoms with Gasteiger partial charge in [-0.3, -0.25) is 18.7 Å². The van der Waals surface area contributed by atoms with Gasteiger partial charge in [-0.1, -0.05) is 37.8 Å². The van der Waals surface area contributed by atoms with Crippen molar-refractivity contribution >= 4 is 54.9 Å². The van der Waals surface area contributed by atoms with Crippen LogP contribution in [0.2, 0.25) is 0 Å². The van der Waals surface area contributed by atoms with Crippen LogP contribution in [-0.2, 0) is 32.6 Å². The van der Waals surface area contributed by atoms with Crippen molar-refractivity contribution in [2.24, 2.45) is 0 Å². The van der Waals surface area contributed by atoms with Crippen molar-refractivity contribution in [3.63, 3.8) is 0 Å². The lowest BCUT2D eigenvalue weighted by Crippen LogP contribution is -2.37. The van der Waals surface area contributed by atoms with Crippen LogP contribution in [0.4, 0.5) is 18.9 Å². The van der Waals surface area contributed by atoms with Crippen LogP contribution in [-0.4, -0.2) is 112 Å². The monoisotopic (exact) mass is 996 g/mol. The molecule has 0 bridgehead atoms. The molecule has 16 nitrogen and oxygen atoms in total. The molecule has 21 heteroatoms. The SMILES string of the molecule is C.CCOP(=O)(C1c2ccc(C)cc2Oc2cc(N(C)C)ccc21)N(C)CCC(=O)O.CCOP(=O)(c1c2ccc(=[N+](C)C)cc-2oc2cc(C)ccc12)N(C)CCC(=O)O.O=C([O-])C(F)(F)F.[2H][2H]. The molecule has 3 aromatic carbocycles. The Kier molecular flexibility index (Phi) is 19.1. The number of fused-ring (bicyclic) bond motifs is 4. The fraction of sp³-hybridized carbons (Fsp3) is 0.404. The molecule has 0 spiro atoms. The average molecular weight is 997 g/mol. The lowest BCUT2D eigenvalue weighted by atomic mass is 9.98. The number of nitrogens with zero attached hydrogens (tertiary/aromatic N) is 4. The molecule has 0 aromatic heterocycles. The van der Waals surface area contributed by atoms with Crippen LogP contribution < -0.4 is 30.0 Å². The Morgan fingerprint density at radius 3 is 1.87 bits per heavy atom. The summed E-state index contributed by atoms with van der Waals surface area (Å²) < 4.78 is 99.5. The van der Waals surface area contributed by atoms with Gasteiger partial charge < -0.3 is 43.2 Å². The highest BCUT2D eigenvalue weighted by molar-refractivity contribution is 7.65. The molecule has 0 amide bonds. The van der Waals surface area contributed by atoms with Gasteiger partial charge in [0.05, 0.1) is 37.4 Å². The lowest BCUT2D eigenvalue weighted by Gasteiger charge is -2.38. The van der Waals surface area contributed by atoms with Crippen molar-refractivity contribution in [3.8, 4) is 22.8 Å². The molecule has 68 heavy (non-hydrogen) atoms. The molecule has 0 saturated carbocycles. The molecule has 374 valence electrons. The standard InChI is InChI=1S/C22H29N2O5P.C22H27N2O5P.C2HF3O2.CH4.H2/c2*1-6-28-30(27,24(5)12-11-21(25)26)22-17-9-7-15(2)13-19(17)29-20-14-16(23(3)4)8-10-18(20)22;3-2(4,5)1(6)7;;/h7-10,13-14,22H,6,11-12H2,1-5H3,(H,25,26);7-10,13-14H,6,11-12H2,1-5H3;(H,6,7);1H4;1H/i;;;;1+1D. The smallest absolute Gasteiger partial charge is 0.430 e. The summed E-state index contributed by atoms with van der Waals surface area (Å²) in [4.78, 5) is 33.0. The Balaban J connectivity index is 0.000000405. The molecule has 2 aliphatic heterocycles. The van der Waals surface area contributed by atoms with E-state index in [-0.39, 0.29) is 46.6 Å². The quantitative estimate of drug-likeness (QED) is 0.0577. The number of halogens is 3. The number of rotatable bonds is 15. The van der Waals surface area contributed by atoms with Gasteiger partial charge in [-0.2, -0.15) is 13.2 Å². The first-order chi connectivity index (χ1) is 32.3. The first-order valence-corrected chi connectivity index (χ1v) is 24.2. The number of benzene rings is 4. The number of carboxylic acid groups (broad SMARTS) is 3. The number of aryl methyl sites for hydroxylation is 2. The number of ether oxygens (including phenoxy) is 1. The molecule has 0 fully saturated rings. The zero-order valence-electron chi connectivity index (χ0n) is 41.0. The average Bonchev–Trinajstić information content (AvgIpc) is 3.28. The number of carbonyl (C=O) groups excluding carboxylic acids is 1. The van der Waals surface area contributed by atoms with Gasteiger partial charge in [-0.05, 0) is 77.2 Å². The first kappa shape index (κ1) is 55.0. The van der Waals surface area contributed by atoms with Crippen molar-refractivity contribution in [1.29, 1.82) is 0 Å². The zero-order chi connectivity index (χ0) is 52.2. The van der Waals surface area contributed by atoms with E-state index < -0.39 is 44.8 Å². The van der Waals surface area contributed by atoms with Crippen LogP contribution in [0.1, 0.15) is 65.0 Å². The van der Waals surface area contributed by atoms with E-state index in [2.05, 4.69) is 0 Å². The zero-order valence-corrected chi connectivity index (χ0v) is 40.8. The molecule has 2 heterocycles. The fourth-order valence-electron chi connectivity index (χ4n) is 7.11. The Morgan fingerprint density at radius 1 is 0.809 bits per heavy atom. The summed E-state index contributed by atoms with van der Waals surface area (Å²) in [5, 5.41) is 29.2. The Morgan fingerprint density at radius 2 is 1.34 bits per heavy atom. The Labute approximate surface area is 397 Å². The van der Waals surface area contributed by atoms with E-state index in [9.17, 15) is 31.9 Å². The highest BCUT2D eigenvalue weighted by Gasteiger charge is 2.45. The van der Waals surface area contributed by atoms with Gasteiger partial charge >= 0.3 is 25.6 Å². The minimum absolute atomic E-state index is 0. The number of alkyl halides is 3. The molecule has 3 unspecified atom stereocenters. The van der Waals surface area contributed by atoms with Crippen molar-refractivity contribution in [1.82, 2.24) is 13.9 Å². The summed E-state index contributed by atoms with van der Waals surface area (Å²) in [7, 11) is 4.04. The molecule has 3 atom stereocenters. The second kappa shape index (κ2) is 23.6. The molecule has 1 aliphatic carbocycles. The van der Waals surface area contributed by atoms with Crippen LogP contribution in [0.3, 0.4) is 0 Å². The topological polar surface area (TPSA) is 202 Å². The van der Waals surface area contributed by atoms with E-state index in [0.717, 1.165) is 33.3 Å². The molecular weight excluding hydrogens is 931 g/mol. The van der Waals surface area contributed by atoms with E-state index in [1.165, 1.54) is 4.67 Å². The molecule has 3 aliphatic rings. The third-order valence-corrected chi connectivity index (χ3v) is 16.3. The predicted octanol–water partition coefficient (Wildman–Crippen LogP) is 8.21. The third kappa shape index (κ3) is 13.4. The van der Waals surface area contributed by atoms with E-state index in [1.54, 1.807) is 32.6 Å². The van der Waals surface area contributed by atoms with E-state index in [1.807, 2.05) is 124 Å².